The van der Waals surface area contributed by atoms with Gasteiger partial charge in [-0.3, -0.25) is 0 Å². The van der Waals surface area contributed by atoms with Crippen LogP contribution in [0.25, 0.3) is 0 Å². The van der Waals surface area contributed by atoms with Gasteiger partial charge in [0.15, 0.2) is 0 Å². The number of hydrogen-bond donors (Lipinski definition) is 1. The molecular weight excluding hydrogens is 267 g/mol. The maximum Gasteiger partial charge on any atom is 0.573 e. The molecule has 1 aromatic rings. The second kappa shape index (κ2) is 7.53. The molecule has 0 aromatic heterocycles. The first-order valence-electron chi connectivity index (χ1n) is 6.96. The highest BCUT2D eigenvalue weighted by Gasteiger charge is 2.31. The van der Waals surface area contributed by atoms with Crippen molar-refractivity contribution in [1.29, 1.82) is 0 Å². The van der Waals surface area contributed by atoms with Gasteiger partial charge in [-0.25, -0.2) is 0 Å². The number of benzene rings is 1. The quantitative estimate of drug-likeness (QED) is 0.787. The molecule has 1 rings (SSSR count). The lowest BCUT2D eigenvalue weighted by molar-refractivity contribution is -0.274. The molecule has 1 aromatic carbocycles. The van der Waals surface area contributed by atoms with Crippen LogP contribution < -0.4 is 10.1 Å². The smallest absolute Gasteiger partial charge is 0.406 e. The molecule has 0 saturated carbocycles. The Hall–Kier alpha value is -1.23. The molecule has 0 bridgehead atoms. The van der Waals surface area contributed by atoms with Crippen molar-refractivity contribution in [3.05, 3.63) is 29.8 Å². The summed E-state index contributed by atoms with van der Waals surface area (Å²) in [5, 5.41) is 3.39. The molecule has 0 aliphatic carbocycles. The summed E-state index contributed by atoms with van der Waals surface area (Å²) in [4.78, 5) is 0. The topological polar surface area (TPSA) is 21.3 Å². The lowest BCUT2D eigenvalue weighted by Gasteiger charge is -2.25. The first kappa shape index (κ1) is 16.8. The molecule has 0 fully saturated rings. The van der Waals surface area contributed by atoms with Crippen LogP contribution in [-0.4, -0.2) is 12.9 Å². The molecule has 2 atom stereocenters. The van der Waals surface area contributed by atoms with Crippen molar-refractivity contribution in [2.24, 2.45) is 5.92 Å². The highest BCUT2D eigenvalue weighted by Crippen LogP contribution is 2.29. The van der Waals surface area contributed by atoms with Gasteiger partial charge in [-0.15, -0.1) is 13.2 Å². The molecule has 0 radical (unpaired) electrons. The van der Waals surface area contributed by atoms with Crippen molar-refractivity contribution in [3.8, 4) is 5.75 Å². The van der Waals surface area contributed by atoms with Crippen molar-refractivity contribution in [2.75, 3.05) is 6.54 Å². The number of nitrogens with one attached hydrogen (secondary N) is 1. The first-order chi connectivity index (χ1) is 9.37. The van der Waals surface area contributed by atoms with Crippen LogP contribution >= 0.6 is 0 Å². The van der Waals surface area contributed by atoms with E-state index < -0.39 is 6.36 Å². The summed E-state index contributed by atoms with van der Waals surface area (Å²) < 4.78 is 40.8. The zero-order chi connectivity index (χ0) is 15.2. The average molecular weight is 289 g/mol. The SMILES string of the molecule is CCCNC(c1cccc(OC(F)(F)F)c1)C(C)CC. The van der Waals surface area contributed by atoms with E-state index in [0.29, 0.717) is 5.92 Å². The Balaban J connectivity index is 2.92. The van der Waals surface area contributed by atoms with Crippen LogP contribution in [0.15, 0.2) is 24.3 Å². The molecule has 114 valence electrons. The van der Waals surface area contributed by atoms with Crippen LogP contribution in [0.1, 0.15) is 45.2 Å². The Bertz CT molecular complexity index is 406. The van der Waals surface area contributed by atoms with E-state index in [4.69, 9.17) is 0 Å². The van der Waals surface area contributed by atoms with E-state index in [0.717, 1.165) is 24.9 Å². The molecule has 0 saturated heterocycles. The number of halogens is 3. The van der Waals surface area contributed by atoms with Gasteiger partial charge in [0.2, 0.25) is 0 Å². The molecule has 0 heterocycles. The third-order valence-corrected chi connectivity index (χ3v) is 3.28. The second-order valence-electron chi connectivity index (χ2n) is 4.94. The monoisotopic (exact) mass is 289 g/mol. The van der Waals surface area contributed by atoms with E-state index in [1.165, 1.54) is 12.1 Å². The van der Waals surface area contributed by atoms with Crippen molar-refractivity contribution in [3.63, 3.8) is 0 Å². The summed E-state index contributed by atoms with van der Waals surface area (Å²) in [7, 11) is 0. The highest BCUT2D eigenvalue weighted by molar-refractivity contribution is 5.31. The summed E-state index contributed by atoms with van der Waals surface area (Å²) >= 11 is 0. The van der Waals surface area contributed by atoms with Crippen molar-refractivity contribution in [2.45, 2.75) is 46.0 Å². The minimum atomic E-state index is -4.65. The molecule has 20 heavy (non-hydrogen) atoms. The summed E-state index contributed by atoms with van der Waals surface area (Å²) in [6, 6.07) is 6.26. The van der Waals surface area contributed by atoms with Gasteiger partial charge in [0.1, 0.15) is 5.75 Å². The predicted molar refractivity (Wildman–Crippen MR) is 73.6 cm³/mol. The van der Waals surface area contributed by atoms with Crippen LogP contribution in [0.4, 0.5) is 13.2 Å². The molecule has 2 unspecified atom stereocenters. The fourth-order valence-corrected chi connectivity index (χ4v) is 2.09. The van der Waals surface area contributed by atoms with Crippen molar-refractivity contribution >= 4 is 0 Å². The standard InChI is InChI=1S/C15H22F3NO/c1-4-9-19-14(11(3)5-2)12-7-6-8-13(10-12)20-15(16,17)18/h6-8,10-11,14,19H,4-5,9H2,1-3H3. The van der Waals surface area contributed by atoms with E-state index in [1.54, 1.807) is 6.07 Å². The second-order valence-corrected chi connectivity index (χ2v) is 4.94. The first-order valence-corrected chi connectivity index (χ1v) is 6.96. The lowest BCUT2D eigenvalue weighted by Crippen LogP contribution is -2.27. The van der Waals surface area contributed by atoms with E-state index >= 15 is 0 Å². The number of alkyl halides is 3. The fourth-order valence-electron chi connectivity index (χ4n) is 2.09. The molecule has 0 aliphatic heterocycles. The van der Waals surface area contributed by atoms with Crippen LogP contribution in [-0.2, 0) is 0 Å². The van der Waals surface area contributed by atoms with Crippen molar-refractivity contribution < 1.29 is 17.9 Å². The van der Waals surface area contributed by atoms with Gasteiger partial charge in [-0.05, 0) is 36.6 Å². The van der Waals surface area contributed by atoms with Crippen molar-refractivity contribution in [1.82, 2.24) is 5.32 Å². The highest BCUT2D eigenvalue weighted by atomic mass is 19.4. The summed E-state index contributed by atoms with van der Waals surface area (Å²) in [6.07, 6.45) is -2.72. The summed E-state index contributed by atoms with van der Waals surface area (Å²) in [5.41, 5.74) is 0.828. The largest absolute Gasteiger partial charge is 0.573 e. The molecular formula is C15H22F3NO. The van der Waals surface area contributed by atoms with Gasteiger partial charge < -0.3 is 10.1 Å². The van der Waals surface area contributed by atoms with Crippen LogP contribution in [0.5, 0.6) is 5.75 Å². The fraction of sp³-hybridized carbons (Fsp3) is 0.600. The normalized spacial score (nSPS) is 14.9. The Morgan fingerprint density at radius 1 is 1.25 bits per heavy atom. The number of ether oxygens (including phenoxy) is 1. The minimum Gasteiger partial charge on any atom is -0.406 e. The van der Waals surface area contributed by atoms with E-state index in [1.807, 2.05) is 6.07 Å². The zero-order valence-electron chi connectivity index (χ0n) is 12.1. The Morgan fingerprint density at radius 3 is 2.50 bits per heavy atom. The molecule has 1 N–H and O–H groups in total. The van der Waals surface area contributed by atoms with Gasteiger partial charge in [0.05, 0.1) is 0 Å². The number of rotatable bonds is 7. The molecule has 2 nitrogen and oxygen atoms in total. The van der Waals surface area contributed by atoms with Crippen LogP contribution in [0, 0.1) is 5.92 Å². The predicted octanol–water partition coefficient (Wildman–Crippen LogP) is 4.67. The number of hydrogen-bond acceptors (Lipinski definition) is 2. The van der Waals surface area contributed by atoms with Gasteiger partial charge in [-0.1, -0.05) is 39.3 Å². The molecule has 0 amide bonds. The maximum absolute atomic E-state index is 12.3. The Labute approximate surface area is 118 Å². The molecule has 5 heteroatoms. The van der Waals surface area contributed by atoms with E-state index in [-0.39, 0.29) is 11.8 Å². The van der Waals surface area contributed by atoms with Gasteiger partial charge in [0.25, 0.3) is 0 Å². The zero-order valence-corrected chi connectivity index (χ0v) is 12.1. The molecule has 0 aliphatic rings. The maximum atomic E-state index is 12.3. The Morgan fingerprint density at radius 2 is 1.95 bits per heavy atom. The van der Waals surface area contributed by atoms with Gasteiger partial charge in [-0.2, -0.15) is 0 Å². The average Bonchev–Trinajstić information content (AvgIpc) is 2.37. The van der Waals surface area contributed by atoms with Crippen LogP contribution in [0.2, 0.25) is 0 Å². The lowest BCUT2D eigenvalue weighted by atomic mass is 9.92. The summed E-state index contributed by atoms with van der Waals surface area (Å²) in [6.45, 7) is 7.05. The van der Waals surface area contributed by atoms with Crippen LogP contribution in [0.3, 0.4) is 0 Å². The van der Waals surface area contributed by atoms with Gasteiger partial charge in [0, 0.05) is 6.04 Å². The van der Waals surface area contributed by atoms with Gasteiger partial charge >= 0.3 is 6.36 Å². The summed E-state index contributed by atoms with van der Waals surface area (Å²) in [5.74, 6) is 0.171. The third-order valence-electron chi connectivity index (χ3n) is 3.28. The molecule has 0 spiro atoms. The third kappa shape index (κ3) is 5.41. The van der Waals surface area contributed by atoms with E-state index in [9.17, 15) is 13.2 Å². The van der Waals surface area contributed by atoms with E-state index in [2.05, 4.69) is 30.8 Å². The Kier molecular flexibility index (Phi) is 6.33. The minimum absolute atomic E-state index is 0.0386.